The summed E-state index contributed by atoms with van der Waals surface area (Å²) < 4.78 is 17.6. The number of hydrazine groups is 1. The first-order valence-corrected chi connectivity index (χ1v) is 7.48. The summed E-state index contributed by atoms with van der Waals surface area (Å²) in [5, 5.41) is 10.0. The number of aryl methyl sites for hydroxylation is 1. The van der Waals surface area contributed by atoms with Crippen molar-refractivity contribution in [1.29, 1.82) is 0 Å². The van der Waals surface area contributed by atoms with Crippen LogP contribution >= 0.6 is 0 Å². The summed E-state index contributed by atoms with van der Waals surface area (Å²) in [5.41, 5.74) is 7.18. The van der Waals surface area contributed by atoms with Crippen molar-refractivity contribution in [3.8, 4) is 5.75 Å². The number of allylic oxidation sites excluding steroid dienone is 1. The number of hydrogen-bond acceptors (Lipinski definition) is 5. The maximum atomic E-state index is 12.0. The van der Waals surface area contributed by atoms with Crippen molar-refractivity contribution in [2.24, 2.45) is 11.6 Å². The number of halogens is 1. The molecule has 6 nitrogen and oxygen atoms in total. The average Bonchev–Trinajstić information content (AvgIpc) is 2.52. The minimum absolute atomic E-state index is 0.110. The number of nitrogens with zero attached hydrogens (tertiary/aromatic N) is 1. The summed E-state index contributed by atoms with van der Waals surface area (Å²) in [4.78, 5) is 10.5. The number of alkyl halides is 1. The Labute approximate surface area is 135 Å². The number of ether oxygens (including phenoxy) is 1. The lowest BCUT2D eigenvalue weighted by Gasteiger charge is -2.15. The summed E-state index contributed by atoms with van der Waals surface area (Å²) >= 11 is 0. The Kier molecular flexibility index (Phi) is 8.52. The van der Waals surface area contributed by atoms with Gasteiger partial charge in [0, 0.05) is 18.3 Å². The van der Waals surface area contributed by atoms with E-state index in [0.29, 0.717) is 43.9 Å². The molecule has 0 fully saturated rings. The Bertz CT molecular complexity index is 506. The molecule has 0 aliphatic carbocycles. The van der Waals surface area contributed by atoms with Gasteiger partial charge in [0.2, 0.25) is 0 Å². The molecule has 1 rings (SSSR count). The predicted octanol–water partition coefficient (Wildman–Crippen LogP) is 1.81. The minimum Gasteiger partial charge on any atom is -0.492 e. The molecule has 1 aromatic carbocycles. The smallest absolute Gasteiger partial charge is 0.303 e. The quantitative estimate of drug-likeness (QED) is 0.424. The van der Waals surface area contributed by atoms with Crippen LogP contribution < -0.4 is 16.3 Å². The van der Waals surface area contributed by atoms with Crippen molar-refractivity contribution in [3.63, 3.8) is 0 Å². The van der Waals surface area contributed by atoms with Gasteiger partial charge in [-0.2, -0.15) is 0 Å². The van der Waals surface area contributed by atoms with Gasteiger partial charge in [-0.25, -0.2) is 5.84 Å². The fourth-order valence-electron chi connectivity index (χ4n) is 1.89. The molecule has 0 saturated carbocycles. The van der Waals surface area contributed by atoms with E-state index in [1.807, 2.05) is 12.1 Å². The van der Waals surface area contributed by atoms with Gasteiger partial charge in [-0.1, -0.05) is 12.1 Å². The van der Waals surface area contributed by atoms with E-state index in [1.165, 1.54) is 5.01 Å². The highest BCUT2D eigenvalue weighted by Gasteiger charge is 2.01. The van der Waals surface area contributed by atoms with Crippen LogP contribution in [0.1, 0.15) is 24.8 Å². The van der Waals surface area contributed by atoms with Crippen LogP contribution in [0.4, 0.5) is 4.39 Å². The normalized spacial score (nSPS) is 11.3. The summed E-state index contributed by atoms with van der Waals surface area (Å²) in [6, 6.07) is 7.27. The average molecular weight is 325 g/mol. The minimum atomic E-state index is -0.813. The van der Waals surface area contributed by atoms with Gasteiger partial charge in [-0.15, -0.1) is 0 Å². The molecule has 0 bridgehead atoms. The topological polar surface area (TPSA) is 102 Å². The molecule has 0 radical (unpaired) electrons. The van der Waals surface area contributed by atoms with Crippen LogP contribution in [0.5, 0.6) is 5.75 Å². The third-order valence-electron chi connectivity index (χ3n) is 3.10. The molecule has 0 aliphatic rings. The van der Waals surface area contributed by atoms with E-state index < -0.39 is 12.6 Å². The molecule has 128 valence electrons. The molecule has 1 aromatic rings. The molecule has 5 N–H and O–H groups in total. The fraction of sp³-hybridized carbons (Fsp3) is 0.438. The van der Waals surface area contributed by atoms with Crippen molar-refractivity contribution < 1.29 is 19.0 Å². The van der Waals surface area contributed by atoms with Crippen LogP contribution in [-0.4, -0.2) is 35.9 Å². The van der Waals surface area contributed by atoms with Gasteiger partial charge in [0.25, 0.3) is 0 Å². The lowest BCUT2D eigenvalue weighted by Crippen LogP contribution is -2.31. The first-order valence-electron chi connectivity index (χ1n) is 7.48. The molecule has 0 spiro atoms. The van der Waals surface area contributed by atoms with Crippen LogP contribution in [-0.2, 0) is 11.2 Å². The van der Waals surface area contributed by atoms with Crippen molar-refractivity contribution in [3.05, 3.63) is 41.7 Å². The molecule has 0 amide bonds. The lowest BCUT2D eigenvalue weighted by atomic mass is 10.1. The van der Waals surface area contributed by atoms with Gasteiger partial charge < -0.3 is 20.6 Å². The van der Waals surface area contributed by atoms with E-state index in [-0.39, 0.29) is 6.42 Å². The molecule has 0 saturated heterocycles. The summed E-state index contributed by atoms with van der Waals surface area (Å²) in [6.07, 6.45) is 3.05. The Balaban J connectivity index is 2.31. The van der Waals surface area contributed by atoms with Crippen molar-refractivity contribution >= 4 is 5.97 Å². The van der Waals surface area contributed by atoms with Crippen LogP contribution in [0.25, 0.3) is 0 Å². The Morgan fingerprint density at radius 2 is 2.00 bits per heavy atom. The van der Waals surface area contributed by atoms with Crippen molar-refractivity contribution in [2.45, 2.75) is 25.7 Å². The van der Waals surface area contributed by atoms with E-state index in [4.69, 9.17) is 21.4 Å². The van der Waals surface area contributed by atoms with Gasteiger partial charge in [0.05, 0.1) is 13.2 Å². The predicted molar refractivity (Wildman–Crippen MR) is 86.3 cm³/mol. The van der Waals surface area contributed by atoms with E-state index in [1.54, 1.807) is 18.3 Å². The number of carboxylic acids is 1. The molecule has 0 aromatic heterocycles. The largest absolute Gasteiger partial charge is 0.492 e. The van der Waals surface area contributed by atoms with Gasteiger partial charge in [-0.05, 0) is 37.0 Å². The first kappa shape index (κ1) is 18.8. The number of carbonyl (C=O) groups is 1. The van der Waals surface area contributed by atoms with Crippen LogP contribution in [0, 0.1) is 0 Å². The summed E-state index contributed by atoms with van der Waals surface area (Å²) in [6.45, 7) is 0.416. The Hall–Kier alpha value is -2.28. The van der Waals surface area contributed by atoms with E-state index >= 15 is 0 Å². The number of benzene rings is 1. The highest BCUT2D eigenvalue weighted by atomic mass is 19.1. The Morgan fingerprint density at radius 1 is 1.30 bits per heavy atom. The highest BCUT2D eigenvalue weighted by molar-refractivity contribution is 5.67. The molecule has 23 heavy (non-hydrogen) atoms. The molecule has 0 atom stereocenters. The van der Waals surface area contributed by atoms with E-state index in [2.05, 4.69) is 0 Å². The second-order valence-electron chi connectivity index (χ2n) is 5.12. The zero-order valence-electron chi connectivity index (χ0n) is 13.1. The fourth-order valence-corrected chi connectivity index (χ4v) is 1.89. The number of rotatable bonds is 11. The number of hydrogen-bond donors (Lipinski definition) is 3. The first-order chi connectivity index (χ1) is 11.0. The highest BCUT2D eigenvalue weighted by Crippen LogP contribution is 2.13. The van der Waals surface area contributed by atoms with Gasteiger partial charge in [0.15, 0.2) is 0 Å². The maximum Gasteiger partial charge on any atom is 0.303 e. The lowest BCUT2D eigenvalue weighted by molar-refractivity contribution is -0.136. The summed E-state index contributed by atoms with van der Waals surface area (Å²) in [5.74, 6) is 5.62. The number of aliphatic carboxylic acids is 1. The Morgan fingerprint density at radius 3 is 2.61 bits per heavy atom. The summed E-state index contributed by atoms with van der Waals surface area (Å²) in [7, 11) is 0. The van der Waals surface area contributed by atoms with E-state index in [9.17, 15) is 9.18 Å². The van der Waals surface area contributed by atoms with Gasteiger partial charge >= 0.3 is 5.97 Å². The standard InChI is InChI=1S/C16H24FN3O3/c17-9-1-2-14(18)12-20(19)10-11-23-15-6-3-13(4-7-15)5-8-16(21)22/h3-4,6-7,12H,1-2,5,8-11,18-19H2,(H,21,22)/b14-12-. The third-order valence-corrected chi connectivity index (χ3v) is 3.10. The zero-order chi connectivity index (χ0) is 17.1. The molecular weight excluding hydrogens is 301 g/mol. The third kappa shape index (κ3) is 8.67. The molecule has 0 aliphatic heterocycles. The van der Waals surface area contributed by atoms with Crippen molar-refractivity contribution in [2.75, 3.05) is 19.8 Å². The van der Waals surface area contributed by atoms with Crippen LogP contribution in [0.2, 0.25) is 0 Å². The van der Waals surface area contributed by atoms with Gasteiger partial charge in [-0.3, -0.25) is 9.18 Å². The monoisotopic (exact) mass is 325 g/mol. The van der Waals surface area contributed by atoms with Crippen molar-refractivity contribution in [1.82, 2.24) is 5.01 Å². The molecular formula is C16H24FN3O3. The molecule has 7 heteroatoms. The van der Waals surface area contributed by atoms with E-state index in [0.717, 1.165) is 5.56 Å². The number of carboxylic acid groups (broad SMARTS) is 1. The number of nitrogens with two attached hydrogens (primary N) is 2. The second kappa shape index (κ2) is 10.4. The van der Waals surface area contributed by atoms with Crippen LogP contribution in [0.15, 0.2) is 36.2 Å². The molecule has 0 heterocycles. The zero-order valence-corrected chi connectivity index (χ0v) is 13.1. The second-order valence-corrected chi connectivity index (χ2v) is 5.12. The maximum absolute atomic E-state index is 12.0. The van der Waals surface area contributed by atoms with Crippen LogP contribution in [0.3, 0.4) is 0 Å². The molecule has 0 unspecified atom stereocenters. The van der Waals surface area contributed by atoms with Gasteiger partial charge in [0.1, 0.15) is 12.4 Å². The SMILES string of the molecule is N/C(=C\N(N)CCOc1ccc(CCC(=O)O)cc1)CCCF.